The molecule has 16 heavy (non-hydrogen) atoms. The van der Waals surface area contributed by atoms with Crippen LogP contribution >= 0.6 is 0 Å². The number of aromatic amines is 1. The van der Waals surface area contributed by atoms with E-state index in [9.17, 15) is 9.59 Å². The van der Waals surface area contributed by atoms with Gasteiger partial charge in [-0.1, -0.05) is 0 Å². The Kier molecular flexibility index (Phi) is 4.21. The molecule has 6 heteroatoms. The third-order valence-electron chi connectivity index (χ3n) is 2.09. The Morgan fingerprint density at radius 3 is 2.88 bits per heavy atom. The molecule has 0 saturated heterocycles. The van der Waals surface area contributed by atoms with Crippen molar-refractivity contribution in [3.8, 4) is 0 Å². The summed E-state index contributed by atoms with van der Waals surface area (Å²) in [4.78, 5) is 24.6. The van der Waals surface area contributed by atoms with Crippen LogP contribution in [0.2, 0.25) is 0 Å². The second-order valence-electron chi connectivity index (χ2n) is 3.28. The maximum atomic E-state index is 11.3. The van der Waals surface area contributed by atoms with Crippen LogP contribution in [-0.2, 0) is 4.74 Å². The van der Waals surface area contributed by atoms with Crippen molar-refractivity contribution >= 4 is 6.20 Å². The van der Waals surface area contributed by atoms with Crippen LogP contribution in [0.15, 0.2) is 21.9 Å². The van der Waals surface area contributed by atoms with Gasteiger partial charge in [-0.05, 0) is 13.0 Å². The first-order valence-electron chi connectivity index (χ1n) is 4.72. The van der Waals surface area contributed by atoms with E-state index in [4.69, 9.17) is 9.84 Å². The van der Waals surface area contributed by atoms with Gasteiger partial charge in [0.15, 0.2) is 0 Å². The lowest BCUT2D eigenvalue weighted by Crippen LogP contribution is -2.28. The van der Waals surface area contributed by atoms with E-state index in [1.165, 1.54) is 30.1 Å². The van der Waals surface area contributed by atoms with Crippen molar-refractivity contribution in [3.05, 3.63) is 38.7 Å². The summed E-state index contributed by atoms with van der Waals surface area (Å²) in [5.74, 6) is 0. The topological polar surface area (TPSA) is 84.3 Å². The van der Waals surface area contributed by atoms with Gasteiger partial charge in [-0.25, -0.2) is 4.79 Å². The maximum absolute atomic E-state index is 11.3. The van der Waals surface area contributed by atoms with Crippen molar-refractivity contribution in [3.63, 3.8) is 0 Å². The third kappa shape index (κ3) is 2.91. The lowest BCUT2D eigenvalue weighted by atomic mass is 10.3. The molecule has 6 nitrogen and oxygen atoms in total. The predicted octanol–water partition coefficient (Wildman–Crippen LogP) is -0.677. The number of aromatic nitrogens is 2. The number of hydrogen-bond acceptors (Lipinski definition) is 4. The van der Waals surface area contributed by atoms with Crippen LogP contribution in [0.5, 0.6) is 0 Å². The summed E-state index contributed by atoms with van der Waals surface area (Å²) in [6.07, 6.45) is 3.91. The van der Waals surface area contributed by atoms with Gasteiger partial charge in [0.1, 0.15) is 0 Å². The largest absolute Gasteiger partial charge is 0.393 e. The summed E-state index contributed by atoms with van der Waals surface area (Å²) in [7, 11) is 1.45. The fourth-order valence-electron chi connectivity index (χ4n) is 1.10. The van der Waals surface area contributed by atoms with E-state index in [2.05, 4.69) is 4.98 Å². The van der Waals surface area contributed by atoms with Crippen LogP contribution in [-0.4, -0.2) is 34.5 Å². The molecule has 0 bridgehead atoms. The van der Waals surface area contributed by atoms with Crippen molar-refractivity contribution in [1.82, 2.24) is 9.55 Å². The second kappa shape index (κ2) is 5.43. The smallest absolute Gasteiger partial charge is 0.332 e. The summed E-state index contributed by atoms with van der Waals surface area (Å²) < 4.78 is 6.11. The Morgan fingerprint density at radius 2 is 2.31 bits per heavy atom. The van der Waals surface area contributed by atoms with E-state index in [-0.39, 0.29) is 6.61 Å². The summed E-state index contributed by atoms with van der Waals surface area (Å²) >= 11 is 0. The van der Waals surface area contributed by atoms with Crippen molar-refractivity contribution in [2.75, 3.05) is 13.7 Å². The van der Waals surface area contributed by atoms with E-state index in [1.807, 2.05) is 0 Å². The number of nitrogens with zero attached hydrogens (tertiary/aromatic N) is 1. The van der Waals surface area contributed by atoms with Crippen molar-refractivity contribution in [2.45, 2.75) is 13.0 Å². The van der Waals surface area contributed by atoms with Crippen LogP contribution in [0, 0.1) is 6.92 Å². The van der Waals surface area contributed by atoms with Gasteiger partial charge >= 0.3 is 5.69 Å². The van der Waals surface area contributed by atoms with Crippen LogP contribution in [0.1, 0.15) is 5.56 Å². The number of nitrogens with one attached hydrogen (secondary N) is 1. The molecule has 0 fully saturated rings. The molecule has 0 amide bonds. The van der Waals surface area contributed by atoms with Crippen LogP contribution in [0.25, 0.3) is 6.20 Å². The SMILES string of the molecule is CO[C@@H](/C=C\n1cc(C)c(=O)[nH]c1=O)CO. The highest BCUT2D eigenvalue weighted by atomic mass is 16.5. The van der Waals surface area contributed by atoms with Crippen LogP contribution < -0.4 is 11.2 Å². The Balaban J connectivity index is 3.02. The molecular weight excluding hydrogens is 212 g/mol. The molecular formula is C10H14N2O4. The van der Waals surface area contributed by atoms with Gasteiger partial charge in [-0.3, -0.25) is 14.3 Å². The van der Waals surface area contributed by atoms with E-state index in [0.717, 1.165) is 0 Å². The van der Waals surface area contributed by atoms with Gasteiger partial charge in [0.05, 0.1) is 12.7 Å². The Morgan fingerprint density at radius 1 is 1.62 bits per heavy atom. The zero-order chi connectivity index (χ0) is 12.1. The maximum Gasteiger partial charge on any atom is 0.332 e. The molecule has 0 radical (unpaired) electrons. The zero-order valence-electron chi connectivity index (χ0n) is 9.14. The minimum absolute atomic E-state index is 0.177. The van der Waals surface area contributed by atoms with Crippen molar-refractivity contribution in [2.24, 2.45) is 0 Å². The summed E-state index contributed by atoms with van der Waals surface area (Å²) in [6, 6.07) is 0. The Bertz CT molecular complexity index is 482. The zero-order valence-corrected chi connectivity index (χ0v) is 9.14. The van der Waals surface area contributed by atoms with Gasteiger partial charge in [0, 0.05) is 25.1 Å². The highest BCUT2D eigenvalue weighted by Crippen LogP contribution is 1.93. The van der Waals surface area contributed by atoms with E-state index in [0.29, 0.717) is 5.56 Å². The second-order valence-corrected chi connectivity index (χ2v) is 3.28. The van der Waals surface area contributed by atoms with Crippen molar-refractivity contribution < 1.29 is 9.84 Å². The molecule has 0 aromatic carbocycles. The minimum atomic E-state index is -0.528. The Hall–Kier alpha value is -1.66. The molecule has 0 saturated carbocycles. The fraction of sp³-hybridized carbons (Fsp3) is 0.400. The molecule has 1 aromatic rings. The first kappa shape index (κ1) is 12.4. The lowest BCUT2D eigenvalue weighted by Gasteiger charge is -2.06. The highest BCUT2D eigenvalue weighted by Gasteiger charge is 2.01. The first-order chi connectivity index (χ1) is 7.58. The molecule has 1 heterocycles. The average Bonchev–Trinajstić information content (AvgIpc) is 2.26. The van der Waals surface area contributed by atoms with Gasteiger partial charge in [0.25, 0.3) is 5.56 Å². The number of aliphatic hydroxyl groups excluding tert-OH is 1. The molecule has 0 spiro atoms. The summed E-state index contributed by atoms with van der Waals surface area (Å²) in [5, 5.41) is 8.85. The number of H-pyrrole nitrogens is 1. The monoisotopic (exact) mass is 226 g/mol. The highest BCUT2D eigenvalue weighted by molar-refractivity contribution is 5.24. The van der Waals surface area contributed by atoms with Crippen molar-refractivity contribution in [1.29, 1.82) is 0 Å². The molecule has 0 aliphatic heterocycles. The molecule has 88 valence electrons. The molecule has 1 rings (SSSR count). The van der Waals surface area contributed by atoms with Gasteiger partial charge in [0.2, 0.25) is 0 Å². The third-order valence-corrected chi connectivity index (χ3v) is 2.09. The molecule has 0 unspecified atom stereocenters. The van der Waals surface area contributed by atoms with E-state index < -0.39 is 17.4 Å². The van der Waals surface area contributed by atoms with Gasteiger partial charge < -0.3 is 9.84 Å². The number of aliphatic hydroxyl groups is 1. The minimum Gasteiger partial charge on any atom is -0.393 e. The average molecular weight is 226 g/mol. The number of rotatable bonds is 4. The number of ether oxygens (including phenoxy) is 1. The number of methoxy groups -OCH3 is 1. The van der Waals surface area contributed by atoms with Gasteiger partial charge in [-0.15, -0.1) is 0 Å². The van der Waals surface area contributed by atoms with Gasteiger partial charge in [-0.2, -0.15) is 0 Å². The standard InChI is InChI=1S/C10H14N2O4/c1-7-5-12(10(15)11-9(7)14)4-3-8(6-13)16-2/h3-5,8,13H,6H2,1-2H3,(H,11,14,15)/b4-3-/t8-/m0/s1. The quantitative estimate of drug-likeness (QED) is 0.712. The molecule has 1 aromatic heterocycles. The van der Waals surface area contributed by atoms with E-state index in [1.54, 1.807) is 6.92 Å². The normalized spacial score (nSPS) is 13.2. The van der Waals surface area contributed by atoms with E-state index >= 15 is 0 Å². The molecule has 0 aliphatic rings. The molecule has 1 atom stereocenters. The Labute approximate surface area is 91.8 Å². The summed E-state index contributed by atoms with van der Waals surface area (Å²) in [6.45, 7) is 1.42. The van der Waals surface area contributed by atoms with Crippen LogP contribution in [0.3, 0.4) is 0 Å². The first-order valence-corrected chi connectivity index (χ1v) is 4.72. The number of hydrogen-bond donors (Lipinski definition) is 2. The predicted molar refractivity (Wildman–Crippen MR) is 59.3 cm³/mol. The lowest BCUT2D eigenvalue weighted by molar-refractivity contribution is 0.0823. The molecule has 2 N–H and O–H groups in total. The van der Waals surface area contributed by atoms with Crippen LogP contribution in [0.4, 0.5) is 0 Å². The summed E-state index contributed by atoms with van der Waals surface area (Å²) in [5.41, 5.74) is -0.498. The molecule has 0 aliphatic carbocycles. The fourth-order valence-corrected chi connectivity index (χ4v) is 1.10. The number of aryl methyl sites for hydroxylation is 1.